The zero-order valence-corrected chi connectivity index (χ0v) is 10.7. The molecule has 0 spiro atoms. The number of amides is 1. The maximum atomic E-state index is 11.6. The molecule has 0 fully saturated rings. The molecule has 0 aromatic heterocycles. The van der Waals surface area contributed by atoms with Crippen LogP contribution in [0.25, 0.3) is 0 Å². The third-order valence-corrected chi connectivity index (χ3v) is 2.11. The lowest BCUT2D eigenvalue weighted by Crippen LogP contribution is -2.41. The summed E-state index contributed by atoms with van der Waals surface area (Å²) in [5, 5.41) is 5.08. The molecule has 0 radical (unpaired) electrons. The van der Waals surface area contributed by atoms with Crippen molar-refractivity contribution in [2.75, 3.05) is 6.61 Å². The highest BCUT2D eigenvalue weighted by molar-refractivity contribution is 5.97. The molecule has 1 amide bonds. The summed E-state index contributed by atoms with van der Waals surface area (Å²) in [7, 11) is 0. The number of hydrazone groups is 1. The van der Waals surface area contributed by atoms with Crippen LogP contribution in [-0.4, -0.2) is 29.2 Å². The van der Waals surface area contributed by atoms with Crippen molar-refractivity contribution in [1.82, 2.24) is 5.17 Å². The van der Waals surface area contributed by atoms with Gasteiger partial charge in [0.2, 0.25) is 5.90 Å². The predicted molar refractivity (Wildman–Crippen MR) is 66.6 cm³/mol. The monoisotopic (exact) mass is 248 g/mol. The number of hydrogen-bond acceptors (Lipinski definition) is 4. The van der Waals surface area contributed by atoms with Crippen molar-refractivity contribution in [2.24, 2.45) is 5.10 Å². The Morgan fingerprint density at radius 2 is 1.94 bits per heavy atom. The first kappa shape index (κ1) is 12.6. The van der Waals surface area contributed by atoms with Gasteiger partial charge in [-0.1, -0.05) is 23.4 Å². The zero-order valence-electron chi connectivity index (χ0n) is 10.7. The van der Waals surface area contributed by atoms with E-state index in [9.17, 15) is 4.79 Å². The topological polar surface area (TPSA) is 51.1 Å². The maximum absolute atomic E-state index is 11.6. The van der Waals surface area contributed by atoms with Gasteiger partial charge in [-0.3, -0.25) is 4.79 Å². The van der Waals surface area contributed by atoms with Crippen LogP contribution in [0.5, 0.6) is 0 Å². The number of ether oxygens (including phenoxy) is 1. The van der Waals surface area contributed by atoms with Crippen molar-refractivity contribution >= 4 is 11.8 Å². The van der Waals surface area contributed by atoms with Crippen molar-refractivity contribution in [3.63, 3.8) is 0 Å². The molecule has 0 saturated heterocycles. The number of hydrogen-bond donors (Lipinski definition) is 0. The van der Waals surface area contributed by atoms with Crippen molar-refractivity contribution in [1.29, 1.82) is 0 Å². The molecule has 0 saturated carbocycles. The summed E-state index contributed by atoms with van der Waals surface area (Å²) in [5.41, 5.74) is 0.325. The summed E-state index contributed by atoms with van der Waals surface area (Å²) in [4.78, 5) is 17.1. The summed E-state index contributed by atoms with van der Waals surface area (Å²) in [6, 6.07) is 9.40. The fourth-order valence-corrected chi connectivity index (χ4v) is 1.40. The Morgan fingerprint density at radius 3 is 2.56 bits per heavy atom. The summed E-state index contributed by atoms with van der Waals surface area (Å²) in [6.07, 6.45) is 0. The summed E-state index contributed by atoms with van der Waals surface area (Å²) in [5.74, 6) is 0.0732. The van der Waals surface area contributed by atoms with Crippen LogP contribution in [0.3, 0.4) is 0 Å². The van der Waals surface area contributed by atoms with Crippen molar-refractivity contribution < 1.29 is 14.4 Å². The molecular weight excluding hydrogens is 232 g/mol. The molecule has 1 aromatic rings. The molecule has 5 nitrogen and oxygen atoms in total. The SMILES string of the molecule is CC(C)(C)ON1N=C(c2ccccc2)OCC1=O. The Bertz CT molecular complexity index is 463. The molecule has 5 heteroatoms. The van der Waals surface area contributed by atoms with Gasteiger partial charge in [0.15, 0.2) is 6.61 Å². The minimum Gasteiger partial charge on any atom is -0.466 e. The van der Waals surface area contributed by atoms with Gasteiger partial charge in [0.25, 0.3) is 0 Å². The van der Waals surface area contributed by atoms with Crippen LogP contribution in [0.15, 0.2) is 35.4 Å². The molecular formula is C13H16N2O3. The van der Waals surface area contributed by atoms with E-state index in [1.165, 1.54) is 0 Å². The minimum absolute atomic E-state index is 0.0657. The Balaban J connectivity index is 2.23. The molecule has 1 aliphatic heterocycles. The van der Waals surface area contributed by atoms with Crippen molar-refractivity contribution in [3.05, 3.63) is 35.9 Å². The number of carbonyl (C=O) groups is 1. The van der Waals surface area contributed by atoms with Crippen LogP contribution < -0.4 is 0 Å². The van der Waals surface area contributed by atoms with Gasteiger partial charge in [-0.25, -0.2) is 4.84 Å². The molecule has 1 heterocycles. The second-order valence-electron chi connectivity index (χ2n) is 4.93. The average molecular weight is 248 g/mol. The van der Waals surface area contributed by atoms with Crippen LogP contribution in [0.1, 0.15) is 26.3 Å². The largest absolute Gasteiger partial charge is 0.466 e. The van der Waals surface area contributed by atoms with Crippen molar-refractivity contribution in [3.8, 4) is 0 Å². The van der Waals surface area contributed by atoms with Crippen LogP contribution >= 0.6 is 0 Å². The Morgan fingerprint density at radius 1 is 1.28 bits per heavy atom. The Hall–Kier alpha value is -1.88. The maximum Gasteiger partial charge on any atom is 0.306 e. The van der Waals surface area contributed by atoms with Gasteiger partial charge in [-0.2, -0.15) is 0 Å². The van der Waals surface area contributed by atoms with Crippen LogP contribution in [0.4, 0.5) is 0 Å². The van der Waals surface area contributed by atoms with Crippen LogP contribution in [-0.2, 0) is 14.4 Å². The molecule has 18 heavy (non-hydrogen) atoms. The molecule has 0 bridgehead atoms. The minimum atomic E-state index is -0.488. The van der Waals surface area contributed by atoms with Gasteiger partial charge in [0.1, 0.15) is 0 Å². The predicted octanol–water partition coefficient (Wildman–Crippen LogP) is 1.94. The van der Waals surface area contributed by atoms with Gasteiger partial charge in [-0.15, -0.1) is 5.10 Å². The van der Waals surface area contributed by atoms with E-state index in [0.29, 0.717) is 5.90 Å². The number of rotatable bonds is 2. The summed E-state index contributed by atoms with van der Waals surface area (Å²) < 4.78 is 5.30. The van der Waals surface area contributed by atoms with Crippen molar-refractivity contribution in [2.45, 2.75) is 26.4 Å². The highest BCUT2D eigenvalue weighted by Gasteiger charge is 2.27. The highest BCUT2D eigenvalue weighted by atomic mass is 16.7. The van der Waals surface area contributed by atoms with Gasteiger partial charge >= 0.3 is 5.91 Å². The fourth-order valence-electron chi connectivity index (χ4n) is 1.40. The quantitative estimate of drug-likeness (QED) is 0.803. The molecule has 1 aliphatic rings. The normalized spacial score (nSPS) is 16.3. The van der Waals surface area contributed by atoms with E-state index in [-0.39, 0.29) is 12.5 Å². The van der Waals surface area contributed by atoms with Crippen LogP contribution in [0.2, 0.25) is 0 Å². The van der Waals surface area contributed by atoms with Gasteiger partial charge in [-0.05, 0) is 32.9 Å². The Labute approximate surface area is 106 Å². The lowest BCUT2D eigenvalue weighted by Gasteiger charge is -2.28. The van der Waals surface area contributed by atoms with E-state index < -0.39 is 5.60 Å². The lowest BCUT2D eigenvalue weighted by molar-refractivity contribution is -0.233. The second-order valence-corrected chi connectivity index (χ2v) is 4.93. The zero-order chi connectivity index (χ0) is 13.2. The summed E-state index contributed by atoms with van der Waals surface area (Å²) in [6.45, 7) is 5.50. The number of benzene rings is 1. The summed E-state index contributed by atoms with van der Waals surface area (Å²) >= 11 is 0. The lowest BCUT2D eigenvalue weighted by atomic mass is 10.2. The first-order valence-electron chi connectivity index (χ1n) is 5.75. The highest BCUT2D eigenvalue weighted by Crippen LogP contribution is 2.15. The van der Waals surface area contributed by atoms with E-state index in [2.05, 4.69) is 5.10 Å². The molecule has 0 atom stereocenters. The third-order valence-electron chi connectivity index (χ3n) is 2.11. The van der Waals surface area contributed by atoms with E-state index in [0.717, 1.165) is 10.7 Å². The third kappa shape index (κ3) is 3.07. The number of hydroxylamine groups is 1. The first-order chi connectivity index (χ1) is 8.46. The molecule has 0 N–H and O–H groups in total. The first-order valence-corrected chi connectivity index (χ1v) is 5.75. The van der Waals surface area contributed by atoms with Crippen LogP contribution in [0, 0.1) is 0 Å². The molecule has 96 valence electrons. The fraction of sp³-hybridized carbons (Fsp3) is 0.385. The molecule has 2 rings (SSSR count). The van der Waals surface area contributed by atoms with E-state index in [1.54, 1.807) is 0 Å². The molecule has 1 aromatic carbocycles. The standard InChI is InChI=1S/C13H16N2O3/c1-13(2,3)18-15-11(16)9-17-12(14-15)10-7-5-4-6-8-10/h4-8H,9H2,1-3H3. The number of nitrogens with zero attached hydrogens (tertiary/aromatic N) is 2. The van der Waals surface area contributed by atoms with Gasteiger partial charge < -0.3 is 4.74 Å². The average Bonchev–Trinajstić information content (AvgIpc) is 2.31. The smallest absolute Gasteiger partial charge is 0.306 e. The molecule has 0 aliphatic carbocycles. The Kier molecular flexibility index (Phi) is 3.34. The number of carbonyl (C=O) groups excluding carboxylic acids is 1. The molecule has 0 unspecified atom stereocenters. The van der Waals surface area contributed by atoms with Gasteiger partial charge in [0, 0.05) is 5.56 Å². The van der Waals surface area contributed by atoms with E-state index in [1.807, 2.05) is 51.1 Å². The second kappa shape index (κ2) is 4.78. The van der Waals surface area contributed by atoms with Gasteiger partial charge in [0.05, 0.1) is 5.60 Å². The van der Waals surface area contributed by atoms with E-state index in [4.69, 9.17) is 9.57 Å². The van der Waals surface area contributed by atoms with E-state index >= 15 is 0 Å².